The topological polar surface area (TPSA) is 52.8 Å². The van der Waals surface area contributed by atoms with Crippen LogP contribution in [-0.4, -0.2) is 32.7 Å². The Morgan fingerprint density at radius 2 is 2.17 bits per heavy atom. The highest BCUT2D eigenvalue weighted by atomic mass is 79.9. The van der Waals surface area contributed by atoms with Gasteiger partial charge in [-0.25, -0.2) is 15.0 Å². The van der Waals surface area contributed by atoms with Crippen molar-refractivity contribution in [2.75, 3.05) is 13.2 Å². The van der Waals surface area contributed by atoms with E-state index in [4.69, 9.17) is 4.74 Å². The second-order valence-electron chi connectivity index (χ2n) is 4.67. The predicted molar refractivity (Wildman–Crippen MR) is 71.3 cm³/mol. The fraction of sp³-hybridized carbons (Fsp3) is 0.583. The van der Waals surface area contributed by atoms with Gasteiger partial charge in [-0.15, -0.1) is 0 Å². The predicted octanol–water partition coefficient (Wildman–Crippen LogP) is 2.32. The molecule has 0 spiro atoms. The summed E-state index contributed by atoms with van der Waals surface area (Å²) in [4.78, 5) is 13.2. The Morgan fingerprint density at radius 1 is 1.39 bits per heavy atom. The van der Waals surface area contributed by atoms with Crippen molar-refractivity contribution in [1.29, 1.82) is 0 Å². The monoisotopic (exact) mass is 310 g/mol. The van der Waals surface area contributed by atoms with Crippen LogP contribution in [0.1, 0.15) is 18.7 Å². The second-order valence-corrected chi connectivity index (χ2v) is 5.48. The van der Waals surface area contributed by atoms with Crippen molar-refractivity contribution in [3.63, 3.8) is 0 Å². The molecule has 0 radical (unpaired) electrons. The Kier molecular flexibility index (Phi) is 3.30. The third kappa shape index (κ3) is 2.27. The van der Waals surface area contributed by atoms with Gasteiger partial charge in [0.1, 0.15) is 10.4 Å². The molecule has 0 N–H and O–H groups in total. The van der Waals surface area contributed by atoms with Crippen LogP contribution in [0.15, 0.2) is 10.8 Å². The average Bonchev–Trinajstić information content (AvgIpc) is 2.67. The van der Waals surface area contributed by atoms with Gasteiger partial charge in [0.2, 0.25) is 0 Å². The summed E-state index contributed by atoms with van der Waals surface area (Å²) in [7, 11) is 0. The summed E-state index contributed by atoms with van der Waals surface area (Å²) in [6, 6.07) is 0. The highest BCUT2D eigenvalue weighted by Crippen LogP contribution is 2.21. The molecule has 6 heteroatoms. The minimum Gasteiger partial charge on any atom is -0.381 e. The molecular formula is C12H15BrN4O. The van der Waals surface area contributed by atoms with Gasteiger partial charge >= 0.3 is 0 Å². The first-order valence-electron chi connectivity index (χ1n) is 6.17. The van der Waals surface area contributed by atoms with Gasteiger partial charge in [-0.05, 0) is 41.6 Å². The average molecular weight is 311 g/mol. The van der Waals surface area contributed by atoms with Crippen molar-refractivity contribution < 1.29 is 4.74 Å². The first-order valence-corrected chi connectivity index (χ1v) is 6.96. The minimum atomic E-state index is 0.649. The number of ether oxygens (including phenoxy) is 1. The Bertz CT molecular complexity index is 562. The van der Waals surface area contributed by atoms with Gasteiger partial charge in [-0.3, -0.25) is 0 Å². The van der Waals surface area contributed by atoms with Crippen LogP contribution in [-0.2, 0) is 11.3 Å². The smallest absolute Gasteiger partial charge is 0.197 e. The van der Waals surface area contributed by atoms with Crippen molar-refractivity contribution in [2.24, 2.45) is 5.92 Å². The Balaban J connectivity index is 1.94. The maximum atomic E-state index is 5.40. The van der Waals surface area contributed by atoms with Gasteiger partial charge in [-0.2, -0.15) is 0 Å². The maximum absolute atomic E-state index is 5.40. The summed E-state index contributed by atoms with van der Waals surface area (Å²) in [6.07, 6.45) is 3.91. The number of nitrogens with zero attached hydrogens (tertiary/aromatic N) is 4. The van der Waals surface area contributed by atoms with Gasteiger partial charge in [0, 0.05) is 19.8 Å². The SMILES string of the molecule is Cc1nc2ncc(Br)nc2n1CC1CCOCC1. The second kappa shape index (κ2) is 4.93. The molecule has 1 fully saturated rings. The van der Waals surface area contributed by atoms with Crippen LogP contribution in [0.5, 0.6) is 0 Å². The molecule has 0 amide bonds. The Morgan fingerprint density at radius 3 is 2.94 bits per heavy atom. The zero-order valence-electron chi connectivity index (χ0n) is 10.3. The van der Waals surface area contributed by atoms with Crippen molar-refractivity contribution in [1.82, 2.24) is 19.5 Å². The number of fused-ring (bicyclic) bond motifs is 1. The molecule has 18 heavy (non-hydrogen) atoms. The lowest BCUT2D eigenvalue weighted by Crippen LogP contribution is -2.21. The van der Waals surface area contributed by atoms with Crippen LogP contribution in [0, 0.1) is 12.8 Å². The van der Waals surface area contributed by atoms with E-state index in [0.717, 1.165) is 54.3 Å². The molecule has 0 saturated carbocycles. The first-order chi connectivity index (χ1) is 8.74. The van der Waals surface area contributed by atoms with Crippen molar-refractivity contribution in [2.45, 2.75) is 26.3 Å². The van der Waals surface area contributed by atoms with E-state index in [0.29, 0.717) is 5.92 Å². The van der Waals surface area contributed by atoms with Gasteiger partial charge in [0.25, 0.3) is 0 Å². The highest BCUT2D eigenvalue weighted by molar-refractivity contribution is 9.10. The fourth-order valence-corrected chi connectivity index (χ4v) is 2.66. The third-order valence-corrected chi connectivity index (χ3v) is 3.78. The van der Waals surface area contributed by atoms with Crippen molar-refractivity contribution >= 4 is 27.2 Å². The van der Waals surface area contributed by atoms with Crippen molar-refractivity contribution in [3.05, 3.63) is 16.6 Å². The first kappa shape index (κ1) is 12.0. The molecule has 0 bridgehead atoms. The molecule has 2 aromatic rings. The fourth-order valence-electron chi connectivity index (χ4n) is 2.38. The molecule has 1 aliphatic rings. The summed E-state index contributed by atoms with van der Waals surface area (Å²) in [5, 5.41) is 0. The maximum Gasteiger partial charge on any atom is 0.197 e. The van der Waals surface area contributed by atoms with E-state index in [2.05, 4.69) is 35.4 Å². The molecule has 2 aromatic heterocycles. The number of aryl methyl sites for hydroxylation is 1. The molecular weight excluding hydrogens is 296 g/mol. The lowest BCUT2D eigenvalue weighted by atomic mass is 10.0. The summed E-state index contributed by atoms with van der Waals surface area (Å²) < 4.78 is 8.32. The summed E-state index contributed by atoms with van der Waals surface area (Å²) in [6.45, 7) is 4.70. The van der Waals surface area contributed by atoms with E-state index >= 15 is 0 Å². The van der Waals surface area contributed by atoms with Gasteiger partial charge in [0.05, 0.1) is 6.20 Å². The van der Waals surface area contributed by atoms with Gasteiger partial charge in [0.15, 0.2) is 11.3 Å². The molecule has 0 aliphatic carbocycles. The van der Waals surface area contributed by atoms with Crippen LogP contribution >= 0.6 is 15.9 Å². The summed E-state index contributed by atoms with van der Waals surface area (Å²) in [5.74, 6) is 1.63. The van der Waals surface area contributed by atoms with Crippen LogP contribution in [0.3, 0.4) is 0 Å². The third-order valence-electron chi connectivity index (χ3n) is 3.40. The van der Waals surface area contributed by atoms with Crippen LogP contribution in [0.4, 0.5) is 0 Å². The summed E-state index contributed by atoms with van der Waals surface area (Å²) in [5.41, 5.74) is 1.59. The van der Waals surface area contributed by atoms with E-state index in [1.165, 1.54) is 0 Å². The number of aromatic nitrogens is 4. The molecule has 0 atom stereocenters. The molecule has 1 saturated heterocycles. The largest absolute Gasteiger partial charge is 0.381 e. The quantitative estimate of drug-likeness (QED) is 0.854. The van der Waals surface area contributed by atoms with E-state index in [9.17, 15) is 0 Å². The van der Waals surface area contributed by atoms with Gasteiger partial charge in [-0.1, -0.05) is 0 Å². The highest BCUT2D eigenvalue weighted by Gasteiger charge is 2.18. The molecule has 3 heterocycles. The summed E-state index contributed by atoms with van der Waals surface area (Å²) >= 11 is 3.37. The number of rotatable bonds is 2. The van der Waals surface area contributed by atoms with Crippen molar-refractivity contribution in [3.8, 4) is 0 Å². The van der Waals surface area contributed by atoms with E-state index in [-0.39, 0.29) is 0 Å². The lowest BCUT2D eigenvalue weighted by Gasteiger charge is -2.22. The van der Waals surface area contributed by atoms with Gasteiger partial charge < -0.3 is 9.30 Å². The van der Waals surface area contributed by atoms with E-state index in [1.807, 2.05) is 6.92 Å². The zero-order valence-corrected chi connectivity index (χ0v) is 11.9. The Labute approximate surface area is 114 Å². The molecule has 0 aromatic carbocycles. The molecule has 96 valence electrons. The molecule has 1 aliphatic heterocycles. The molecule has 5 nitrogen and oxygen atoms in total. The lowest BCUT2D eigenvalue weighted by molar-refractivity contribution is 0.0614. The standard InChI is InChI=1S/C12H15BrN4O/c1-8-15-11-12(16-10(13)6-14-11)17(8)7-9-2-4-18-5-3-9/h6,9H,2-5,7H2,1H3. The minimum absolute atomic E-state index is 0.649. The number of imidazole rings is 1. The number of hydrogen-bond acceptors (Lipinski definition) is 4. The number of halogens is 1. The Hall–Kier alpha value is -1.01. The normalized spacial score (nSPS) is 17.4. The number of hydrogen-bond donors (Lipinski definition) is 0. The van der Waals surface area contributed by atoms with Crippen LogP contribution in [0.25, 0.3) is 11.3 Å². The molecule has 0 unspecified atom stereocenters. The van der Waals surface area contributed by atoms with E-state index in [1.54, 1.807) is 6.20 Å². The van der Waals surface area contributed by atoms with Crippen LogP contribution < -0.4 is 0 Å². The van der Waals surface area contributed by atoms with E-state index < -0.39 is 0 Å². The molecule has 3 rings (SSSR count). The van der Waals surface area contributed by atoms with Crippen LogP contribution in [0.2, 0.25) is 0 Å². The zero-order chi connectivity index (χ0) is 12.5.